The molecule has 10 aromatic carbocycles. The second kappa shape index (κ2) is 15.2. The summed E-state index contributed by atoms with van der Waals surface area (Å²) in [6.45, 7) is 0. The quantitative estimate of drug-likeness (QED) is 0.167. The van der Waals surface area contributed by atoms with Gasteiger partial charge in [-0.05, 0) is 71.8 Å². The minimum atomic E-state index is -0.679. The molecule has 0 radical (unpaired) electrons. The molecule has 7 heteroatoms. The van der Waals surface area contributed by atoms with Crippen LogP contribution in [0.3, 0.4) is 0 Å². The van der Waals surface area contributed by atoms with E-state index in [4.69, 9.17) is 19.7 Å². The SMILES string of the molecule is c1ccc(C2(c3ccc4c5ccccc5n(-c5cccc(-c6nc(-n7c8ccccc8c8ccccc87)nc(-n7c8ccccc8c8ccccc87)n6)c5)c4c3)c3ccccc3Oc3ccccc32)cc1. The predicted molar refractivity (Wildman–Crippen MR) is 287 cm³/mol. The molecule has 0 unspecified atom stereocenters. The van der Waals surface area contributed by atoms with E-state index < -0.39 is 5.41 Å². The molecule has 332 valence electrons. The van der Waals surface area contributed by atoms with Gasteiger partial charge >= 0.3 is 0 Å². The van der Waals surface area contributed by atoms with Crippen molar-refractivity contribution in [1.82, 2.24) is 28.7 Å². The maximum Gasteiger partial charge on any atom is 0.240 e. The summed E-state index contributed by atoms with van der Waals surface area (Å²) in [5.74, 6) is 3.34. The molecule has 0 amide bonds. The Bertz CT molecular complexity index is 4180. The van der Waals surface area contributed by atoms with Crippen molar-refractivity contribution in [3.63, 3.8) is 0 Å². The summed E-state index contributed by atoms with van der Waals surface area (Å²) >= 11 is 0. The van der Waals surface area contributed by atoms with Gasteiger partial charge in [-0.25, -0.2) is 0 Å². The van der Waals surface area contributed by atoms with E-state index in [-0.39, 0.29) is 0 Å². The Kier molecular flexibility index (Phi) is 8.44. The van der Waals surface area contributed by atoms with E-state index in [1.807, 2.05) is 0 Å². The van der Waals surface area contributed by atoms with Crippen LogP contribution in [0.2, 0.25) is 0 Å². The molecule has 0 aliphatic carbocycles. The lowest BCUT2D eigenvalue weighted by Crippen LogP contribution is -2.34. The summed E-state index contributed by atoms with van der Waals surface area (Å²) in [4.78, 5) is 16.3. The third kappa shape index (κ3) is 5.68. The van der Waals surface area contributed by atoms with Gasteiger partial charge in [-0.3, -0.25) is 9.13 Å². The summed E-state index contributed by atoms with van der Waals surface area (Å²) in [6.07, 6.45) is 0. The minimum absolute atomic E-state index is 0.541. The molecule has 0 atom stereocenters. The third-order valence-electron chi connectivity index (χ3n) is 14.7. The normalized spacial score (nSPS) is 13.0. The fraction of sp³-hybridized carbons (Fsp3) is 0.0156. The van der Waals surface area contributed by atoms with E-state index in [1.54, 1.807) is 0 Å². The van der Waals surface area contributed by atoms with E-state index in [0.29, 0.717) is 17.7 Å². The Balaban J connectivity index is 0.988. The highest BCUT2D eigenvalue weighted by molar-refractivity contribution is 6.11. The molecule has 5 heterocycles. The van der Waals surface area contributed by atoms with E-state index in [9.17, 15) is 0 Å². The van der Waals surface area contributed by atoms with Crippen LogP contribution in [-0.2, 0) is 5.41 Å². The van der Waals surface area contributed by atoms with Gasteiger partial charge in [0.2, 0.25) is 11.9 Å². The monoisotopic (exact) mass is 908 g/mol. The molecule has 0 bridgehead atoms. The van der Waals surface area contributed by atoms with Crippen LogP contribution in [0.4, 0.5) is 0 Å². The maximum absolute atomic E-state index is 6.68. The average molecular weight is 909 g/mol. The van der Waals surface area contributed by atoms with Crippen LogP contribution in [0.15, 0.2) is 243 Å². The predicted octanol–water partition coefficient (Wildman–Crippen LogP) is 15.3. The summed E-state index contributed by atoms with van der Waals surface area (Å²) in [5, 5.41) is 6.88. The number of ether oxygens (including phenoxy) is 1. The highest BCUT2D eigenvalue weighted by atomic mass is 16.5. The average Bonchev–Trinajstić information content (AvgIpc) is 4.08. The molecular formula is C64H40N6O. The number of para-hydroxylation sites is 7. The Morgan fingerprint density at radius 1 is 0.310 bits per heavy atom. The number of benzene rings is 10. The second-order valence-corrected chi connectivity index (χ2v) is 18.3. The van der Waals surface area contributed by atoms with Crippen molar-refractivity contribution in [2.45, 2.75) is 5.41 Å². The minimum Gasteiger partial charge on any atom is -0.457 e. The van der Waals surface area contributed by atoms with Gasteiger partial charge in [-0.15, -0.1) is 0 Å². The van der Waals surface area contributed by atoms with Gasteiger partial charge in [0.1, 0.15) is 11.5 Å². The molecule has 71 heavy (non-hydrogen) atoms. The smallest absolute Gasteiger partial charge is 0.240 e. The molecule has 0 fully saturated rings. The first-order chi connectivity index (χ1) is 35.2. The van der Waals surface area contributed by atoms with Gasteiger partial charge in [-0.2, -0.15) is 15.0 Å². The van der Waals surface area contributed by atoms with Crippen molar-refractivity contribution in [2.24, 2.45) is 0 Å². The van der Waals surface area contributed by atoms with Gasteiger partial charge in [0.25, 0.3) is 0 Å². The van der Waals surface area contributed by atoms with Crippen molar-refractivity contribution in [3.8, 4) is 40.5 Å². The Hall–Kier alpha value is -9.59. The zero-order valence-electron chi connectivity index (χ0n) is 38.2. The van der Waals surface area contributed by atoms with Gasteiger partial charge in [0.05, 0.1) is 38.5 Å². The van der Waals surface area contributed by atoms with Crippen LogP contribution < -0.4 is 4.74 Å². The molecule has 4 aromatic heterocycles. The van der Waals surface area contributed by atoms with Gasteiger partial charge in [0, 0.05) is 54.7 Å². The Labute approximate surface area is 407 Å². The Morgan fingerprint density at radius 2 is 0.746 bits per heavy atom. The first kappa shape index (κ1) is 39.4. The van der Waals surface area contributed by atoms with Crippen LogP contribution in [0.25, 0.3) is 94.4 Å². The molecule has 15 rings (SSSR count). The van der Waals surface area contributed by atoms with Crippen LogP contribution >= 0.6 is 0 Å². The highest BCUT2D eigenvalue weighted by Gasteiger charge is 2.45. The fourth-order valence-corrected chi connectivity index (χ4v) is 11.7. The maximum atomic E-state index is 6.68. The summed E-state index contributed by atoms with van der Waals surface area (Å²) < 4.78 is 13.4. The van der Waals surface area contributed by atoms with Crippen molar-refractivity contribution in [3.05, 3.63) is 265 Å². The number of nitrogens with zero attached hydrogens (tertiary/aromatic N) is 6. The number of aromatic nitrogens is 6. The van der Waals surface area contributed by atoms with Crippen LogP contribution in [-0.4, -0.2) is 28.7 Å². The fourth-order valence-electron chi connectivity index (χ4n) is 11.7. The number of hydrogen-bond donors (Lipinski definition) is 0. The first-order valence-corrected chi connectivity index (χ1v) is 24.0. The highest BCUT2D eigenvalue weighted by Crippen LogP contribution is 2.55. The zero-order chi connectivity index (χ0) is 46.6. The third-order valence-corrected chi connectivity index (χ3v) is 14.7. The van der Waals surface area contributed by atoms with E-state index in [2.05, 4.69) is 256 Å². The van der Waals surface area contributed by atoms with E-state index in [1.165, 1.54) is 10.9 Å². The molecule has 14 aromatic rings. The van der Waals surface area contributed by atoms with Crippen molar-refractivity contribution in [2.75, 3.05) is 0 Å². The standard InChI is InChI=1S/C64H40N6O/c1-2-20-42(21-3-1)64(51-28-9-16-35-59(51)71-60-36-17-10-29-52(60)64)43-37-38-50-49-27-4-11-30-53(49)68(58(50)40-43)44-22-18-19-41(39-44)61-65-62(69-54-31-12-5-23-45(54)46-24-6-13-32-55(46)69)67-63(66-61)70-56-33-14-7-25-47(56)48-26-8-15-34-57(48)70/h1-40H. The van der Waals surface area contributed by atoms with E-state index in [0.717, 1.165) is 99.5 Å². The summed E-state index contributed by atoms with van der Waals surface area (Å²) in [7, 11) is 0. The lowest BCUT2D eigenvalue weighted by molar-refractivity contribution is 0.434. The van der Waals surface area contributed by atoms with Crippen molar-refractivity contribution < 1.29 is 4.74 Å². The number of rotatable bonds is 6. The summed E-state index contributed by atoms with van der Waals surface area (Å²) in [6, 6.07) is 86.2. The van der Waals surface area contributed by atoms with Gasteiger partial charge < -0.3 is 9.30 Å². The zero-order valence-corrected chi connectivity index (χ0v) is 38.2. The van der Waals surface area contributed by atoms with E-state index >= 15 is 0 Å². The van der Waals surface area contributed by atoms with Gasteiger partial charge in [0.15, 0.2) is 5.82 Å². The van der Waals surface area contributed by atoms with Crippen LogP contribution in [0, 0.1) is 0 Å². The molecule has 1 aliphatic heterocycles. The molecule has 1 aliphatic rings. The second-order valence-electron chi connectivity index (χ2n) is 18.3. The van der Waals surface area contributed by atoms with Crippen molar-refractivity contribution >= 4 is 65.4 Å². The summed E-state index contributed by atoms with van der Waals surface area (Å²) in [5.41, 5.74) is 12.0. The van der Waals surface area contributed by atoms with Crippen molar-refractivity contribution in [1.29, 1.82) is 0 Å². The lowest BCUT2D eigenvalue weighted by Gasteiger charge is -2.41. The molecule has 0 spiro atoms. The lowest BCUT2D eigenvalue weighted by atomic mass is 9.63. The molecule has 0 saturated carbocycles. The molecular weight excluding hydrogens is 869 g/mol. The molecule has 0 N–H and O–H groups in total. The largest absolute Gasteiger partial charge is 0.457 e. The number of hydrogen-bond acceptors (Lipinski definition) is 4. The van der Waals surface area contributed by atoms with Crippen LogP contribution in [0.5, 0.6) is 11.5 Å². The molecule has 0 saturated heterocycles. The number of fused-ring (bicyclic) bond motifs is 11. The topological polar surface area (TPSA) is 62.7 Å². The van der Waals surface area contributed by atoms with Crippen LogP contribution in [0.1, 0.15) is 22.3 Å². The Morgan fingerprint density at radius 3 is 1.27 bits per heavy atom. The van der Waals surface area contributed by atoms with Gasteiger partial charge in [-0.1, -0.05) is 182 Å². The first-order valence-electron chi connectivity index (χ1n) is 24.0. The molecule has 7 nitrogen and oxygen atoms in total.